The summed E-state index contributed by atoms with van der Waals surface area (Å²) in [6.45, 7) is 10.3. The minimum absolute atomic E-state index is 0. The number of halogens is 10. The van der Waals surface area contributed by atoms with E-state index < -0.39 is 29.8 Å². The molecule has 0 bridgehead atoms. The lowest BCUT2D eigenvalue weighted by Gasteiger charge is -2.06. The summed E-state index contributed by atoms with van der Waals surface area (Å²) in [6, 6.07) is 61.4. The molecule has 25 heteroatoms. The summed E-state index contributed by atoms with van der Waals surface area (Å²) in [5.41, 5.74) is 8.48. The van der Waals surface area contributed by atoms with Crippen molar-refractivity contribution in [1.82, 2.24) is 0 Å². The Kier molecular flexibility index (Phi) is 41.6. The molecule has 0 atom stereocenters. The average molecular weight is 1560 g/mol. The molecule has 0 saturated heterocycles. The SMILES string of the molecule is CCc1ccc(C(=O)Oc2ccc(S)c(Cl)c2)cc1.CCc1ccc(C(=O)Oc2ccc(S)c(Cl)c2)cc1.CCc1ccc(C(=O)Oc2ccc(S)c(Cl)c2)cc1.CCc1ccc(C(=O)Oc2ccc(S)c(Cl)c2)cc1.CCc1ccc(C(=O)Oc2ccc(S)c(Cl)c2)cc1.F.F.F.F.F. The molecular weight excluding hydrogens is 1490 g/mol. The Morgan fingerprint density at radius 1 is 0.240 bits per heavy atom. The lowest BCUT2D eigenvalue weighted by Crippen LogP contribution is -2.08. The van der Waals surface area contributed by atoms with Crippen molar-refractivity contribution in [2.45, 2.75) is 91.2 Å². The van der Waals surface area contributed by atoms with Crippen LogP contribution < -0.4 is 23.7 Å². The van der Waals surface area contributed by atoms with E-state index in [1.54, 1.807) is 152 Å². The van der Waals surface area contributed by atoms with Crippen LogP contribution in [0.3, 0.4) is 0 Å². The molecule has 0 aliphatic heterocycles. The van der Waals surface area contributed by atoms with Crippen LogP contribution in [0.1, 0.15) is 114 Å². The van der Waals surface area contributed by atoms with Crippen molar-refractivity contribution in [1.29, 1.82) is 0 Å². The van der Waals surface area contributed by atoms with Crippen molar-refractivity contribution < 1.29 is 71.2 Å². The smallest absolute Gasteiger partial charge is 0.343 e. The number of hydrogen-bond donors (Lipinski definition) is 5. The molecule has 0 radical (unpaired) electrons. The fraction of sp³-hybridized carbons (Fsp3) is 0.133. The van der Waals surface area contributed by atoms with E-state index in [4.69, 9.17) is 81.7 Å². The third kappa shape index (κ3) is 29.2. The van der Waals surface area contributed by atoms with E-state index in [0.717, 1.165) is 32.1 Å². The summed E-state index contributed by atoms with van der Waals surface area (Å²) in [6.07, 6.45) is 4.69. The van der Waals surface area contributed by atoms with E-state index in [-0.39, 0.29) is 23.5 Å². The fourth-order valence-electron chi connectivity index (χ4n) is 7.97. The highest BCUT2D eigenvalue weighted by Gasteiger charge is 2.15. The van der Waals surface area contributed by atoms with Crippen molar-refractivity contribution in [3.8, 4) is 28.7 Å². The second-order valence-corrected chi connectivity index (χ2v) is 24.7. The first kappa shape index (κ1) is 90.4. The van der Waals surface area contributed by atoms with Gasteiger partial charge in [-0.15, -0.1) is 63.1 Å². The van der Waals surface area contributed by atoms with E-state index in [2.05, 4.69) is 97.8 Å². The first-order valence-corrected chi connectivity index (χ1v) is 33.6. The highest BCUT2D eigenvalue weighted by atomic mass is 35.5. The molecule has 10 nitrogen and oxygen atoms in total. The third-order valence-electron chi connectivity index (χ3n) is 13.6. The van der Waals surface area contributed by atoms with Crippen LogP contribution in [-0.4, -0.2) is 29.8 Å². The fourth-order valence-corrected chi connectivity index (χ4v) is 9.52. The first-order valence-electron chi connectivity index (χ1n) is 29.5. The van der Waals surface area contributed by atoms with E-state index >= 15 is 0 Å². The Bertz CT molecular complexity index is 3630. The van der Waals surface area contributed by atoms with Crippen molar-refractivity contribution >= 4 is 151 Å². The molecule has 10 rings (SSSR count). The topological polar surface area (TPSA) is 132 Å². The predicted molar refractivity (Wildman–Crippen MR) is 410 cm³/mol. The van der Waals surface area contributed by atoms with Crippen LogP contribution in [-0.2, 0) is 32.1 Å². The lowest BCUT2D eigenvalue weighted by molar-refractivity contribution is 0.0725. The van der Waals surface area contributed by atoms with Gasteiger partial charge in [0.1, 0.15) is 28.7 Å². The zero-order valence-electron chi connectivity index (χ0n) is 54.0. The molecule has 0 aliphatic rings. The van der Waals surface area contributed by atoms with Crippen LogP contribution in [0.2, 0.25) is 25.1 Å². The number of thiol groups is 5. The number of benzene rings is 10. The summed E-state index contributed by atoms with van der Waals surface area (Å²) in [5.74, 6) is 0.0602. The molecule has 10 aromatic rings. The Labute approximate surface area is 630 Å². The molecule has 530 valence electrons. The van der Waals surface area contributed by atoms with Gasteiger partial charge < -0.3 is 23.7 Å². The number of rotatable bonds is 15. The van der Waals surface area contributed by atoms with Gasteiger partial charge in [0.05, 0.1) is 52.9 Å². The van der Waals surface area contributed by atoms with Gasteiger partial charge in [-0.3, -0.25) is 23.5 Å². The zero-order valence-corrected chi connectivity index (χ0v) is 62.2. The number of hydrogen-bond acceptors (Lipinski definition) is 15. The molecule has 0 fully saturated rings. The molecule has 0 aromatic heterocycles. The third-order valence-corrected chi connectivity index (χ3v) is 17.8. The molecule has 100 heavy (non-hydrogen) atoms. The summed E-state index contributed by atoms with van der Waals surface area (Å²) in [7, 11) is 0. The predicted octanol–water partition coefficient (Wildman–Crippen LogP) is 22.8. The Morgan fingerprint density at radius 3 is 0.480 bits per heavy atom. The minimum atomic E-state index is -0.398. The van der Waals surface area contributed by atoms with Gasteiger partial charge in [-0.2, -0.15) is 0 Å². The Hall–Kier alpha value is -7.60. The molecule has 10 aromatic carbocycles. The summed E-state index contributed by atoms with van der Waals surface area (Å²) < 4.78 is 26.3. The second kappa shape index (κ2) is 46.0. The molecule has 0 saturated carbocycles. The molecule has 0 amide bonds. The van der Waals surface area contributed by atoms with Crippen LogP contribution >= 0.6 is 121 Å². The summed E-state index contributed by atoms with van der Waals surface area (Å²) in [5, 5.41) is 2.27. The maximum atomic E-state index is 11.9. The molecule has 0 heterocycles. The number of ether oxygens (including phenoxy) is 5. The number of aryl methyl sites for hydroxylation is 5. The monoisotopic (exact) mass is 1560 g/mol. The molecular formula is C75H70Cl5F5O10S5. The number of carbonyl (C=O) groups excluding carboxylic acids is 5. The van der Waals surface area contributed by atoms with Gasteiger partial charge in [0, 0.05) is 54.8 Å². The summed E-state index contributed by atoms with van der Waals surface area (Å²) in [4.78, 5) is 62.9. The van der Waals surface area contributed by atoms with Gasteiger partial charge in [-0.1, -0.05) is 153 Å². The molecule has 0 aliphatic carbocycles. The van der Waals surface area contributed by atoms with E-state index in [9.17, 15) is 24.0 Å². The second-order valence-electron chi connectivity index (χ2n) is 20.3. The van der Waals surface area contributed by atoms with Crippen LogP contribution in [0.5, 0.6) is 28.7 Å². The van der Waals surface area contributed by atoms with Gasteiger partial charge >= 0.3 is 29.8 Å². The molecule has 0 N–H and O–H groups in total. The van der Waals surface area contributed by atoms with Crippen molar-refractivity contribution in [2.75, 3.05) is 0 Å². The standard InChI is InChI=1S/5C15H13ClO2S.5FH/c5*1-2-10-3-5-11(6-4-10)15(17)18-12-7-8-14(19)13(16)9-12;;;;;/h5*3-9,19H,2H2,1H3;5*1H. The largest absolute Gasteiger partial charge is 0.423 e. The molecule has 0 spiro atoms. The summed E-state index contributed by atoms with van der Waals surface area (Å²) >= 11 is 50.4. The van der Waals surface area contributed by atoms with Crippen LogP contribution in [0.4, 0.5) is 23.5 Å². The van der Waals surface area contributed by atoms with Crippen molar-refractivity contribution in [2.24, 2.45) is 0 Å². The van der Waals surface area contributed by atoms with Crippen molar-refractivity contribution in [3.05, 3.63) is 293 Å². The lowest BCUT2D eigenvalue weighted by atomic mass is 10.1. The quantitative estimate of drug-likeness (QED) is 0.0293. The average Bonchev–Trinajstić information content (AvgIpc) is 0.886. The van der Waals surface area contributed by atoms with Crippen LogP contribution in [0.15, 0.2) is 237 Å². The van der Waals surface area contributed by atoms with Gasteiger partial charge in [0.2, 0.25) is 0 Å². The van der Waals surface area contributed by atoms with E-state index in [1.165, 1.54) is 27.8 Å². The highest BCUT2D eigenvalue weighted by molar-refractivity contribution is 7.81. The van der Waals surface area contributed by atoms with Crippen LogP contribution in [0, 0.1) is 0 Å². The van der Waals surface area contributed by atoms with E-state index in [0.29, 0.717) is 106 Å². The Morgan fingerprint density at radius 2 is 0.370 bits per heavy atom. The van der Waals surface area contributed by atoms with Gasteiger partial charge in [-0.05, 0) is 181 Å². The highest BCUT2D eigenvalue weighted by Crippen LogP contribution is 2.30. The maximum absolute atomic E-state index is 11.9. The van der Waals surface area contributed by atoms with Gasteiger partial charge in [0.25, 0.3) is 0 Å². The normalized spacial score (nSPS) is 9.75. The van der Waals surface area contributed by atoms with Crippen LogP contribution in [0.25, 0.3) is 0 Å². The van der Waals surface area contributed by atoms with E-state index in [1.807, 2.05) is 60.7 Å². The zero-order chi connectivity index (χ0) is 69.1. The maximum Gasteiger partial charge on any atom is 0.343 e. The minimum Gasteiger partial charge on any atom is -0.423 e. The molecule has 0 unspecified atom stereocenters. The number of carbonyl (C=O) groups is 5. The Balaban J connectivity index is 0.000000617. The number of esters is 5. The van der Waals surface area contributed by atoms with Gasteiger partial charge in [0.15, 0.2) is 0 Å². The van der Waals surface area contributed by atoms with Crippen molar-refractivity contribution in [3.63, 3.8) is 0 Å². The van der Waals surface area contributed by atoms with Gasteiger partial charge in [-0.25, -0.2) is 24.0 Å². The first-order chi connectivity index (χ1) is 45.5.